The van der Waals surface area contributed by atoms with Crippen LogP contribution in [0.3, 0.4) is 0 Å². The molecule has 5 nitrogen and oxygen atoms in total. The van der Waals surface area contributed by atoms with Gasteiger partial charge in [0.1, 0.15) is 11.6 Å². The molecule has 1 unspecified atom stereocenters. The highest BCUT2D eigenvalue weighted by atomic mass is 35.5. The van der Waals surface area contributed by atoms with Crippen LogP contribution in [0.4, 0.5) is 10.1 Å². The summed E-state index contributed by atoms with van der Waals surface area (Å²) in [6.45, 7) is 1.57. The molecule has 1 aliphatic heterocycles. The van der Waals surface area contributed by atoms with Crippen molar-refractivity contribution in [1.29, 1.82) is 0 Å². The van der Waals surface area contributed by atoms with Crippen molar-refractivity contribution in [2.24, 2.45) is 7.05 Å². The zero-order chi connectivity index (χ0) is 24.1. The van der Waals surface area contributed by atoms with Crippen molar-refractivity contribution >= 4 is 45.6 Å². The Morgan fingerprint density at radius 1 is 1.03 bits per heavy atom. The van der Waals surface area contributed by atoms with Gasteiger partial charge in [0.2, 0.25) is 0 Å². The van der Waals surface area contributed by atoms with Gasteiger partial charge in [-0.05, 0) is 61.0 Å². The van der Waals surface area contributed by atoms with Crippen LogP contribution in [0.2, 0.25) is 5.02 Å². The number of aromatic nitrogens is 1. The Morgan fingerprint density at radius 2 is 1.74 bits per heavy atom. The molecular weight excluding hydrogens is 455 g/mol. The van der Waals surface area contributed by atoms with Gasteiger partial charge in [0.25, 0.3) is 11.7 Å². The van der Waals surface area contributed by atoms with Crippen molar-refractivity contribution in [3.8, 4) is 0 Å². The third-order valence-electron chi connectivity index (χ3n) is 6.20. The van der Waals surface area contributed by atoms with E-state index in [-0.39, 0.29) is 16.9 Å². The zero-order valence-electron chi connectivity index (χ0n) is 18.4. The van der Waals surface area contributed by atoms with Crippen molar-refractivity contribution in [3.05, 3.63) is 106 Å². The van der Waals surface area contributed by atoms with Crippen LogP contribution in [0.1, 0.15) is 22.7 Å². The molecule has 4 aromatic rings. The van der Waals surface area contributed by atoms with Crippen molar-refractivity contribution in [2.45, 2.75) is 13.0 Å². The van der Waals surface area contributed by atoms with Crippen LogP contribution in [0, 0.1) is 12.7 Å². The predicted octanol–water partition coefficient (Wildman–Crippen LogP) is 5.91. The molecule has 0 spiro atoms. The van der Waals surface area contributed by atoms with Crippen LogP contribution in [-0.4, -0.2) is 21.4 Å². The normalized spacial score (nSPS) is 17.6. The number of anilines is 1. The Kier molecular flexibility index (Phi) is 5.25. The first-order valence-electron chi connectivity index (χ1n) is 10.6. The second kappa shape index (κ2) is 8.15. The number of fused-ring (bicyclic) bond motifs is 1. The van der Waals surface area contributed by atoms with Gasteiger partial charge in [-0.1, -0.05) is 29.8 Å². The maximum Gasteiger partial charge on any atom is 0.300 e. The maximum atomic E-state index is 13.9. The summed E-state index contributed by atoms with van der Waals surface area (Å²) in [6, 6.07) is 17.4. The summed E-state index contributed by atoms with van der Waals surface area (Å²) in [5, 5.41) is 12.6. The van der Waals surface area contributed by atoms with Gasteiger partial charge in [0.15, 0.2) is 0 Å². The fraction of sp³-hybridized carbons (Fsp3) is 0.111. The van der Waals surface area contributed by atoms with Gasteiger partial charge < -0.3 is 9.67 Å². The lowest BCUT2D eigenvalue weighted by Gasteiger charge is -2.25. The topological polar surface area (TPSA) is 62.5 Å². The minimum absolute atomic E-state index is 0.0534. The summed E-state index contributed by atoms with van der Waals surface area (Å²) in [4.78, 5) is 28.0. The standard InChI is InChI=1S/C27H20ClFN2O3/c1-15-13-16(7-12-21(15)29)25(32)23-24(20-14-30(2)22-6-4-3-5-19(20)22)31(27(34)26(23)33)18-10-8-17(28)9-11-18/h3-14,24,32H,1-2H3/b25-23+. The lowest BCUT2D eigenvalue weighted by Crippen LogP contribution is -2.29. The number of aryl methyl sites for hydroxylation is 2. The van der Waals surface area contributed by atoms with Gasteiger partial charge >= 0.3 is 0 Å². The molecule has 1 saturated heterocycles. The van der Waals surface area contributed by atoms with Gasteiger partial charge in [0, 0.05) is 46.0 Å². The molecule has 1 aromatic heterocycles. The number of benzene rings is 3. The lowest BCUT2D eigenvalue weighted by atomic mass is 9.94. The highest BCUT2D eigenvalue weighted by Gasteiger charge is 2.47. The highest BCUT2D eigenvalue weighted by Crippen LogP contribution is 2.44. The van der Waals surface area contributed by atoms with E-state index in [4.69, 9.17) is 11.6 Å². The Balaban J connectivity index is 1.80. The number of ketones is 1. The van der Waals surface area contributed by atoms with Gasteiger partial charge in [-0.15, -0.1) is 0 Å². The van der Waals surface area contributed by atoms with Crippen LogP contribution >= 0.6 is 11.6 Å². The molecule has 0 saturated carbocycles. The molecule has 3 aromatic carbocycles. The number of Topliss-reactive ketones (excluding diaryl/α,β-unsaturated/α-hetero) is 1. The van der Waals surface area contributed by atoms with Crippen LogP contribution in [-0.2, 0) is 16.6 Å². The number of aliphatic hydroxyl groups excluding tert-OH is 1. The van der Waals surface area contributed by atoms with Crippen LogP contribution < -0.4 is 4.90 Å². The fourth-order valence-electron chi connectivity index (χ4n) is 4.53. The van der Waals surface area contributed by atoms with E-state index in [0.717, 1.165) is 10.9 Å². The molecule has 0 bridgehead atoms. The van der Waals surface area contributed by atoms with Gasteiger partial charge in [0.05, 0.1) is 11.6 Å². The predicted molar refractivity (Wildman–Crippen MR) is 130 cm³/mol. The lowest BCUT2D eigenvalue weighted by molar-refractivity contribution is -0.132. The monoisotopic (exact) mass is 474 g/mol. The third kappa shape index (κ3) is 3.38. The van der Waals surface area contributed by atoms with Crippen LogP contribution in [0.25, 0.3) is 16.7 Å². The second-order valence-electron chi connectivity index (χ2n) is 8.32. The first-order valence-corrected chi connectivity index (χ1v) is 11.0. The summed E-state index contributed by atoms with van der Waals surface area (Å²) >= 11 is 6.05. The Morgan fingerprint density at radius 3 is 2.44 bits per heavy atom. The van der Waals surface area contributed by atoms with Crippen LogP contribution in [0.15, 0.2) is 78.5 Å². The molecule has 170 valence electrons. The molecule has 2 heterocycles. The Bertz CT molecular complexity index is 1500. The number of carbonyl (C=O) groups is 2. The largest absolute Gasteiger partial charge is 0.507 e. The van der Waals surface area contributed by atoms with E-state index < -0.39 is 23.5 Å². The highest BCUT2D eigenvalue weighted by molar-refractivity contribution is 6.52. The summed E-state index contributed by atoms with van der Waals surface area (Å²) < 4.78 is 15.8. The molecule has 0 radical (unpaired) electrons. The summed E-state index contributed by atoms with van der Waals surface area (Å²) in [6.07, 6.45) is 1.85. The number of halogens is 2. The van der Waals surface area contributed by atoms with Gasteiger partial charge in [-0.3, -0.25) is 14.5 Å². The number of amides is 1. The molecule has 1 amide bonds. The van der Waals surface area contributed by atoms with Gasteiger partial charge in [-0.25, -0.2) is 4.39 Å². The fourth-order valence-corrected chi connectivity index (χ4v) is 4.66. The number of nitrogens with zero attached hydrogens (tertiary/aromatic N) is 2. The summed E-state index contributed by atoms with van der Waals surface area (Å²) in [7, 11) is 1.88. The molecule has 5 rings (SSSR count). The van der Waals surface area contributed by atoms with E-state index in [1.54, 1.807) is 31.2 Å². The van der Waals surface area contributed by atoms with Crippen molar-refractivity contribution in [3.63, 3.8) is 0 Å². The molecule has 1 aliphatic rings. The van der Waals surface area contributed by atoms with E-state index in [0.29, 0.717) is 21.8 Å². The molecule has 1 fully saturated rings. The number of carbonyl (C=O) groups excluding carboxylic acids is 2. The first-order chi connectivity index (χ1) is 16.3. The van der Waals surface area contributed by atoms with E-state index in [9.17, 15) is 19.1 Å². The Hall–Kier alpha value is -3.90. The summed E-state index contributed by atoms with van der Waals surface area (Å²) in [5.74, 6) is -2.35. The zero-order valence-corrected chi connectivity index (χ0v) is 19.2. The van der Waals surface area contributed by atoms with Crippen molar-refractivity contribution in [1.82, 2.24) is 4.57 Å². The van der Waals surface area contributed by atoms with E-state index >= 15 is 0 Å². The number of hydrogen-bond acceptors (Lipinski definition) is 3. The molecule has 1 N–H and O–H groups in total. The number of aliphatic hydroxyl groups is 1. The van der Waals surface area contributed by atoms with E-state index in [2.05, 4.69) is 0 Å². The van der Waals surface area contributed by atoms with Gasteiger partial charge in [-0.2, -0.15) is 0 Å². The van der Waals surface area contributed by atoms with E-state index in [1.807, 2.05) is 42.1 Å². The minimum Gasteiger partial charge on any atom is -0.507 e. The smallest absolute Gasteiger partial charge is 0.300 e. The molecule has 1 atom stereocenters. The summed E-state index contributed by atoms with van der Waals surface area (Å²) in [5.41, 5.74) is 2.60. The molecular formula is C27H20ClFN2O3. The third-order valence-corrected chi connectivity index (χ3v) is 6.45. The van der Waals surface area contributed by atoms with Crippen molar-refractivity contribution in [2.75, 3.05) is 4.90 Å². The SMILES string of the molecule is Cc1cc(/C(O)=C2\C(=O)C(=O)N(c3ccc(Cl)cc3)C2c2cn(C)c3ccccc23)ccc1F. The van der Waals surface area contributed by atoms with E-state index in [1.165, 1.54) is 23.1 Å². The Labute approximate surface area is 200 Å². The molecule has 34 heavy (non-hydrogen) atoms. The number of hydrogen-bond donors (Lipinski definition) is 1. The number of para-hydroxylation sites is 1. The minimum atomic E-state index is -0.891. The maximum absolute atomic E-state index is 13.9. The van der Waals surface area contributed by atoms with Crippen molar-refractivity contribution < 1.29 is 19.1 Å². The number of rotatable bonds is 3. The molecule has 7 heteroatoms. The quantitative estimate of drug-likeness (QED) is 0.228. The van der Waals surface area contributed by atoms with Crippen LogP contribution in [0.5, 0.6) is 0 Å². The first kappa shape index (κ1) is 21.9. The second-order valence-corrected chi connectivity index (χ2v) is 8.76. The average Bonchev–Trinajstić information content (AvgIpc) is 3.29. The average molecular weight is 475 g/mol. The molecule has 0 aliphatic carbocycles.